The molecule has 2 heterocycles. The van der Waals surface area contributed by atoms with Gasteiger partial charge in [0.15, 0.2) is 0 Å². The summed E-state index contributed by atoms with van der Waals surface area (Å²) in [5.41, 5.74) is 3.42. The molecule has 0 saturated carbocycles. The lowest BCUT2D eigenvalue weighted by Gasteiger charge is -2.34. The van der Waals surface area contributed by atoms with Crippen molar-refractivity contribution in [3.8, 4) is 5.75 Å². The van der Waals surface area contributed by atoms with Crippen LogP contribution in [0.1, 0.15) is 25.0 Å². The van der Waals surface area contributed by atoms with Crippen LogP contribution < -0.4 is 25.2 Å². The fourth-order valence-corrected chi connectivity index (χ4v) is 5.09. The third-order valence-corrected chi connectivity index (χ3v) is 7.74. The van der Waals surface area contributed by atoms with Crippen molar-refractivity contribution in [1.29, 1.82) is 0 Å². The van der Waals surface area contributed by atoms with Crippen LogP contribution in [-0.2, 0) is 11.3 Å². The predicted molar refractivity (Wildman–Crippen MR) is 181 cm³/mol. The second-order valence-corrected chi connectivity index (χ2v) is 10.8. The molecular weight excluding hydrogens is 590 g/mol. The van der Waals surface area contributed by atoms with E-state index in [1.54, 1.807) is 37.5 Å². The zero-order valence-electron chi connectivity index (χ0n) is 25.5. The number of carbonyl (C=O) groups excluding carboxylic acids is 2. The van der Waals surface area contributed by atoms with Gasteiger partial charge >= 0.3 is 6.03 Å². The number of hydrogen-bond donors (Lipinski definition) is 2. The smallest absolute Gasteiger partial charge is 0.330 e. The number of amides is 3. The predicted octanol–water partition coefficient (Wildman–Crippen LogP) is 6.82. The molecule has 0 fully saturated rings. The summed E-state index contributed by atoms with van der Waals surface area (Å²) < 4.78 is 5.87. The summed E-state index contributed by atoms with van der Waals surface area (Å²) in [6, 6.07) is 21.9. The number of hydrogen-bond acceptors (Lipinski definition) is 7. The van der Waals surface area contributed by atoms with E-state index < -0.39 is 0 Å². The number of benzene rings is 3. The maximum absolute atomic E-state index is 13.5. The molecule has 0 aliphatic carbocycles. The Morgan fingerprint density at radius 1 is 1.04 bits per heavy atom. The molecule has 1 aliphatic rings. The van der Waals surface area contributed by atoms with Gasteiger partial charge in [-0.1, -0.05) is 55.8 Å². The van der Waals surface area contributed by atoms with Crippen LogP contribution >= 0.6 is 11.6 Å². The number of nitrogens with zero attached hydrogens (tertiary/aromatic N) is 5. The van der Waals surface area contributed by atoms with Gasteiger partial charge in [0.2, 0.25) is 11.9 Å². The molecule has 0 spiro atoms. The lowest BCUT2D eigenvalue weighted by Crippen LogP contribution is -2.46. The van der Waals surface area contributed by atoms with Crippen LogP contribution in [0.3, 0.4) is 0 Å². The molecule has 1 aromatic heterocycles. The Hall–Kier alpha value is -4.93. The topological polar surface area (TPSA) is 103 Å². The lowest BCUT2D eigenvalue weighted by molar-refractivity contribution is -0.111. The van der Waals surface area contributed by atoms with Crippen LogP contribution in [0.4, 0.5) is 33.6 Å². The zero-order valence-corrected chi connectivity index (χ0v) is 26.3. The minimum absolute atomic E-state index is 0.212. The fraction of sp³-hybridized carbons (Fsp3) is 0.235. The number of ether oxygens (including phenoxy) is 1. The van der Waals surface area contributed by atoms with Crippen LogP contribution in [0.15, 0.2) is 85.1 Å². The minimum atomic E-state index is -0.312. The molecule has 4 aromatic rings. The molecule has 0 unspecified atom stereocenters. The van der Waals surface area contributed by atoms with Gasteiger partial charge in [-0.25, -0.2) is 9.78 Å². The van der Waals surface area contributed by atoms with Crippen LogP contribution in [0.25, 0.3) is 6.08 Å². The Balaban J connectivity index is 1.24. The first-order valence-electron chi connectivity index (χ1n) is 14.8. The van der Waals surface area contributed by atoms with Crippen molar-refractivity contribution < 1.29 is 14.3 Å². The van der Waals surface area contributed by atoms with E-state index in [0.29, 0.717) is 34.8 Å². The van der Waals surface area contributed by atoms with Crippen molar-refractivity contribution in [2.45, 2.75) is 20.4 Å². The standard InChI is InChI=1S/C34H36ClN7O3/c1-4-41(5-2)19-20-45-28-15-12-26(13-16-28)38-33-36-22-25-23-42(34(44)40(3)32(25)39-33)30-21-27(14-17-29(30)35)37-31(43)18-11-24-9-7-6-8-10-24/h6-18,21-22H,4-5,19-20,23H2,1-3H3,(H,37,43)(H,36,38,39)/b18-11-. The second kappa shape index (κ2) is 14.7. The number of aromatic nitrogens is 2. The summed E-state index contributed by atoms with van der Waals surface area (Å²) in [7, 11) is 1.66. The third kappa shape index (κ3) is 7.97. The van der Waals surface area contributed by atoms with Crippen LogP contribution in [0.5, 0.6) is 5.75 Å². The summed E-state index contributed by atoms with van der Waals surface area (Å²) in [6.45, 7) is 7.98. The van der Waals surface area contributed by atoms with E-state index in [1.165, 1.54) is 15.9 Å². The Bertz CT molecular complexity index is 1660. The molecule has 3 aromatic carbocycles. The van der Waals surface area contributed by atoms with Gasteiger partial charge < -0.3 is 20.3 Å². The van der Waals surface area contributed by atoms with Crippen molar-refractivity contribution in [2.75, 3.05) is 53.7 Å². The minimum Gasteiger partial charge on any atom is -0.492 e. The summed E-state index contributed by atoms with van der Waals surface area (Å²) >= 11 is 6.54. The number of carbonyl (C=O) groups is 2. The molecule has 1 aliphatic heterocycles. The second-order valence-electron chi connectivity index (χ2n) is 10.4. The quantitative estimate of drug-likeness (QED) is 0.167. The molecule has 2 N–H and O–H groups in total. The van der Waals surface area contributed by atoms with E-state index in [1.807, 2.05) is 54.6 Å². The molecule has 0 bridgehead atoms. The molecule has 5 rings (SSSR count). The van der Waals surface area contributed by atoms with Crippen LogP contribution in [0.2, 0.25) is 5.02 Å². The highest BCUT2D eigenvalue weighted by Gasteiger charge is 2.32. The first kappa shape index (κ1) is 31.5. The Morgan fingerprint density at radius 2 is 1.78 bits per heavy atom. The molecule has 0 saturated heterocycles. The normalized spacial score (nSPS) is 12.9. The zero-order chi connectivity index (χ0) is 31.8. The highest BCUT2D eigenvalue weighted by atomic mass is 35.5. The molecule has 45 heavy (non-hydrogen) atoms. The summed E-state index contributed by atoms with van der Waals surface area (Å²) in [4.78, 5) is 40.5. The number of likely N-dealkylation sites (N-methyl/N-ethyl adjacent to an activating group) is 1. The number of fused-ring (bicyclic) bond motifs is 1. The van der Waals surface area contributed by atoms with E-state index in [9.17, 15) is 9.59 Å². The monoisotopic (exact) mass is 625 g/mol. The largest absolute Gasteiger partial charge is 0.492 e. The number of rotatable bonds is 12. The molecule has 0 atom stereocenters. The average molecular weight is 626 g/mol. The summed E-state index contributed by atoms with van der Waals surface area (Å²) in [6.07, 6.45) is 4.88. The van der Waals surface area contributed by atoms with E-state index in [-0.39, 0.29) is 18.5 Å². The third-order valence-electron chi connectivity index (χ3n) is 7.42. The molecule has 232 valence electrons. The van der Waals surface area contributed by atoms with Gasteiger partial charge in [0.1, 0.15) is 18.2 Å². The SMILES string of the molecule is CCN(CC)CCOc1ccc(Nc2ncc3c(n2)N(C)C(=O)N(c2cc(NC(=O)/C=C\c4ccccc4)ccc2Cl)C3)cc1. The number of halogens is 1. The van der Waals surface area contributed by atoms with E-state index >= 15 is 0 Å². The number of urea groups is 1. The lowest BCUT2D eigenvalue weighted by atomic mass is 10.2. The number of anilines is 5. The van der Waals surface area contributed by atoms with E-state index in [2.05, 4.69) is 39.3 Å². The van der Waals surface area contributed by atoms with Crippen molar-refractivity contribution in [3.63, 3.8) is 0 Å². The summed E-state index contributed by atoms with van der Waals surface area (Å²) in [5, 5.41) is 6.41. The van der Waals surface area contributed by atoms with Gasteiger partial charge in [0.25, 0.3) is 0 Å². The molecule has 3 amide bonds. The molecule has 0 radical (unpaired) electrons. The van der Waals surface area contributed by atoms with E-state index in [0.717, 1.165) is 42.2 Å². The fourth-order valence-electron chi connectivity index (χ4n) is 4.87. The van der Waals surface area contributed by atoms with Gasteiger partial charge in [-0.05, 0) is 67.2 Å². The van der Waals surface area contributed by atoms with Gasteiger partial charge in [-0.15, -0.1) is 0 Å². The average Bonchev–Trinajstić information content (AvgIpc) is 3.06. The first-order chi connectivity index (χ1) is 21.8. The molecular formula is C34H36ClN7O3. The summed E-state index contributed by atoms with van der Waals surface area (Å²) in [5.74, 6) is 1.35. The Kier molecular flexibility index (Phi) is 10.3. The van der Waals surface area contributed by atoms with Crippen molar-refractivity contribution in [2.24, 2.45) is 0 Å². The molecule has 10 nitrogen and oxygen atoms in total. The van der Waals surface area contributed by atoms with Gasteiger partial charge in [0, 0.05) is 42.8 Å². The first-order valence-corrected chi connectivity index (χ1v) is 15.2. The van der Waals surface area contributed by atoms with Gasteiger partial charge in [0.05, 0.1) is 17.3 Å². The Labute approximate surface area is 268 Å². The maximum atomic E-state index is 13.5. The Morgan fingerprint density at radius 3 is 2.51 bits per heavy atom. The van der Waals surface area contributed by atoms with Crippen LogP contribution in [0, 0.1) is 0 Å². The molecule has 11 heteroatoms. The van der Waals surface area contributed by atoms with Crippen molar-refractivity contribution in [1.82, 2.24) is 14.9 Å². The maximum Gasteiger partial charge on any atom is 0.330 e. The van der Waals surface area contributed by atoms with Gasteiger partial charge in [-0.2, -0.15) is 4.98 Å². The van der Waals surface area contributed by atoms with E-state index in [4.69, 9.17) is 16.3 Å². The van der Waals surface area contributed by atoms with Crippen LogP contribution in [-0.4, -0.2) is 60.1 Å². The highest BCUT2D eigenvalue weighted by molar-refractivity contribution is 6.34. The number of nitrogens with one attached hydrogen (secondary N) is 2. The highest BCUT2D eigenvalue weighted by Crippen LogP contribution is 2.35. The van der Waals surface area contributed by atoms with Crippen molar-refractivity contribution >= 4 is 58.4 Å². The van der Waals surface area contributed by atoms with Gasteiger partial charge in [-0.3, -0.25) is 14.6 Å². The van der Waals surface area contributed by atoms with Crippen molar-refractivity contribution in [3.05, 3.63) is 101 Å².